The number of aryl methyl sites for hydroxylation is 1. The molecule has 0 unspecified atom stereocenters. The van der Waals surface area contributed by atoms with Crippen LogP contribution in [0.1, 0.15) is 22.5 Å². The molecule has 0 fully saturated rings. The van der Waals surface area contributed by atoms with Gasteiger partial charge in [-0.05, 0) is 42.3 Å². The third-order valence-corrected chi connectivity index (χ3v) is 4.27. The summed E-state index contributed by atoms with van der Waals surface area (Å²) < 4.78 is 38.7. The number of imidazole rings is 1. The van der Waals surface area contributed by atoms with Crippen molar-refractivity contribution >= 4 is 34.2 Å². The molecule has 3 aromatic rings. The average molecular weight is 359 g/mol. The Balaban J connectivity index is 2.05. The second-order valence-corrected chi connectivity index (χ2v) is 6.06. The maximum absolute atomic E-state index is 12.9. The van der Waals surface area contributed by atoms with Crippen LogP contribution in [0.2, 0.25) is 10.0 Å². The molecule has 0 amide bonds. The van der Waals surface area contributed by atoms with E-state index in [1.54, 1.807) is 25.1 Å². The van der Waals surface area contributed by atoms with Crippen molar-refractivity contribution in [2.24, 2.45) is 0 Å². The molecule has 1 aromatic heterocycles. The molecule has 0 aliphatic heterocycles. The van der Waals surface area contributed by atoms with E-state index in [2.05, 4.69) is 9.97 Å². The Labute approximate surface area is 140 Å². The van der Waals surface area contributed by atoms with Crippen LogP contribution in [0.5, 0.6) is 0 Å². The van der Waals surface area contributed by atoms with Crippen LogP contribution < -0.4 is 0 Å². The van der Waals surface area contributed by atoms with Crippen LogP contribution in [0.3, 0.4) is 0 Å². The molecule has 0 saturated heterocycles. The number of benzene rings is 2. The summed E-state index contributed by atoms with van der Waals surface area (Å²) in [4.78, 5) is 7.30. The highest BCUT2D eigenvalue weighted by Crippen LogP contribution is 2.33. The lowest BCUT2D eigenvalue weighted by Gasteiger charge is -2.07. The third-order valence-electron chi connectivity index (χ3n) is 3.56. The molecule has 1 N–H and O–H groups in total. The highest BCUT2D eigenvalue weighted by Gasteiger charge is 2.31. The summed E-state index contributed by atoms with van der Waals surface area (Å²) in [5.74, 6) is 0.512. The van der Waals surface area contributed by atoms with Gasteiger partial charge in [-0.2, -0.15) is 13.2 Å². The van der Waals surface area contributed by atoms with E-state index in [1.165, 1.54) is 0 Å². The van der Waals surface area contributed by atoms with Crippen LogP contribution >= 0.6 is 23.2 Å². The summed E-state index contributed by atoms with van der Waals surface area (Å²) >= 11 is 12.2. The highest BCUT2D eigenvalue weighted by atomic mass is 35.5. The normalized spacial score (nSPS) is 12.1. The summed E-state index contributed by atoms with van der Waals surface area (Å²) in [6.07, 6.45) is -4.08. The zero-order valence-corrected chi connectivity index (χ0v) is 13.4. The number of halogens is 5. The summed E-state index contributed by atoms with van der Waals surface area (Å²) in [7, 11) is 0. The number of nitrogens with zero attached hydrogens (tertiary/aromatic N) is 1. The first-order valence-electron chi connectivity index (χ1n) is 6.75. The van der Waals surface area contributed by atoms with Crippen molar-refractivity contribution < 1.29 is 13.2 Å². The number of rotatable bonds is 2. The quantitative estimate of drug-likeness (QED) is 0.617. The largest absolute Gasteiger partial charge is 0.416 e. The minimum atomic E-state index is -4.39. The van der Waals surface area contributed by atoms with Crippen LogP contribution in [0.15, 0.2) is 30.3 Å². The Kier molecular flexibility index (Phi) is 4.02. The zero-order valence-electron chi connectivity index (χ0n) is 11.9. The lowest BCUT2D eigenvalue weighted by atomic mass is 10.1. The summed E-state index contributed by atoms with van der Waals surface area (Å²) in [5, 5.41) is 0.983. The zero-order chi connectivity index (χ0) is 16.8. The van der Waals surface area contributed by atoms with Crippen LogP contribution in [0.25, 0.3) is 11.0 Å². The first-order valence-corrected chi connectivity index (χ1v) is 7.50. The molecule has 1 heterocycles. The maximum Gasteiger partial charge on any atom is 0.416 e. The standard InChI is InChI=1S/C16H11Cl2F3N2/c1-8-5-9(16(19,20)21)6-13-15(8)23-14(22-13)7-10-11(17)3-2-4-12(10)18/h2-6H,7H2,1H3,(H,22,23). The fraction of sp³-hybridized carbons (Fsp3) is 0.188. The summed E-state index contributed by atoms with van der Waals surface area (Å²) in [6, 6.07) is 7.30. The van der Waals surface area contributed by atoms with E-state index >= 15 is 0 Å². The maximum atomic E-state index is 12.9. The van der Waals surface area contributed by atoms with Gasteiger partial charge in [-0.15, -0.1) is 0 Å². The van der Waals surface area contributed by atoms with E-state index in [0.717, 1.165) is 12.1 Å². The predicted octanol–water partition coefficient (Wildman–Crippen LogP) is 5.79. The van der Waals surface area contributed by atoms with E-state index in [-0.39, 0.29) is 0 Å². The fourth-order valence-corrected chi connectivity index (χ4v) is 2.99. The Morgan fingerprint density at radius 2 is 1.78 bits per heavy atom. The molecular formula is C16H11Cl2F3N2. The van der Waals surface area contributed by atoms with E-state index in [0.29, 0.717) is 44.5 Å². The number of hydrogen-bond donors (Lipinski definition) is 1. The van der Waals surface area contributed by atoms with Crippen molar-refractivity contribution in [3.8, 4) is 0 Å². The van der Waals surface area contributed by atoms with E-state index in [1.807, 2.05) is 0 Å². The molecule has 23 heavy (non-hydrogen) atoms. The molecule has 0 spiro atoms. The monoisotopic (exact) mass is 358 g/mol. The molecule has 0 saturated carbocycles. The van der Waals surface area contributed by atoms with Crippen molar-refractivity contribution in [2.45, 2.75) is 19.5 Å². The Bertz CT molecular complexity index is 865. The van der Waals surface area contributed by atoms with Crippen LogP contribution in [-0.4, -0.2) is 9.97 Å². The van der Waals surface area contributed by atoms with Gasteiger partial charge in [-0.3, -0.25) is 0 Å². The average Bonchev–Trinajstić information content (AvgIpc) is 2.85. The third kappa shape index (κ3) is 3.16. The van der Waals surface area contributed by atoms with Gasteiger partial charge in [0.1, 0.15) is 5.82 Å². The van der Waals surface area contributed by atoms with E-state index < -0.39 is 11.7 Å². The number of aromatic nitrogens is 2. The van der Waals surface area contributed by atoms with Crippen LogP contribution in [0, 0.1) is 6.92 Å². The van der Waals surface area contributed by atoms with Gasteiger partial charge in [-0.1, -0.05) is 29.3 Å². The lowest BCUT2D eigenvalue weighted by molar-refractivity contribution is -0.137. The van der Waals surface area contributed by atoms with Gasteiger partial charge in [0, 0.05) is 16.5 Å². The molecule has 0 aliphatic rings. The predicted molar refractivity (Wildman–Crippen MR) is 85.1 cm³/mol. The molecule has 120 valence electrons. The van der Waals surface area contributed by atoms with Gasteiger partial charge in [0.25, 0.3) is 0 Å². The van der Waals surface area contributed by atoms with E-state index in [9.17, 15) is 13.2 Å². The van der Waals surface area contributed by atoms with Crippen molar-refractivity contribution in [3.05, 3.63) is 62.9 Å². The highest BCUT2D eigenvalue weighted by molar-refractivity contribution is 6.36. The molecule has 2 nitrogen and oxygen atoms in total. The van der Waals surface area contributed by atoms with Gasteiger partial charge in [0.05, 0.1) is 16.6 Å². The number of fused-ring (bicyclic) bond motifs is 1. The molecule has 0 bridgehead atoms. The lowest BCUT2D eigenvalue weighted by Crippen LogP contribution is -2.05. The van der Waals surface area contributed by atoms with Crippen LogP contribution in [-0.2, 0) is 12.6 Å². The first-order chi connectivity index (χ1) is 10.8. The Morgan fingerprint density at radius 3 is 2.39 bits per heavy atom. The van der Waals surface area contributed by atoms with Gasteiger partial charge in [0.2, 0.25) is 0 Å². The SMILES string of the molecule is Cc1cc(C(F)(F)F)cc2[nH]c(Cc3c(Cl)cccc3Cl)nc12. The van der Waals surface area contributed by atoms with Gasteiger partial charge >= 0.3 is 6.18 Å². The molecule has 7 heteroatoms. The molecule has 0 radical (unpaired) electrons. The molecule has 0 atom stereocenters. The van der Waals surface area contributed by atoms with Crippen molar-refractivity contribution in [1.29, 1.82) is 0 Å². The minimum absolute atomic E-state index is 0.313. The molecule has 3 rings (SSSR count). The van der Waals surface area contributed by atoms with Crippen molar-refractivity contribution in [2.75, 3.05) is 0 Å². The number of aromatic amines is 1. The fourth-order valence-electron chi connectivity index (χ4n) is 2.46. The Morgan fingerprint density at radius 1 is 1.13 bits per heavy atom. The second-order valence-electron chi connectivity index (χ2n) is 5.25. The van der Waals surface area contributed by atoms with Crippen LogP contribution in [0.4, 0.5) is 13.2 Å². The second kappa shape index (κ2) is 5.73. The number of nitrogens with one attached hydrogen (secondary N) is 1. The van der Waals surface area contributed by atoms with Gasteiger partial charge < -0.3 is 4.98 Å². The minimum Gasteiger partial charge on any atom is -0.342 e. The Hall–Kier alpha value is -1.72. The van der Waals surface area contributed by atoms with Crippen molar-refractivity contribution in [1.82, 2.24) is 9.97 Å². The first kappa shape index (κ1) is 16.1. The molecule has 0 aliphatic carbocycles. The molecule has 2 aromatic carbocycles. The van der Waals surface area contributed by atoms with Gasteiger partial charge in [-0.25, -0.2) is 4.98 Å². The summed E-state index contributed by atoms with van der Waals surface area (Å²) in [6.45, 7) is 1.60. The molecular weight excluding hydrogens is 348 g/mol. The number of hydrogen-bond acceptors (Lipinski definition) is 1. The number of alkyl halides is 3. The van der Waals surface area contributed by atoms with E-state index in [4.69, 9.17) is 23.2 Å². The summed E-state index contributed by atoms with van der Waals surface area (Å²) in [5.41, 5.74) is 1.30. The van der Waals surface area contributed by atoms with Crippen molar-refractivity contribution in [3.63, 3.8) is 0 Å². The smallest absolute Gasteiger partial charge is 0.342 e. The van der Waals surface area contributed by atoms with Gasteiger partial charge in [0.15, 0.2) is 0 Å². The topological polar surface area (TPSA) is 28.7 Å². The number of H-pyrrole nitrogens is 1.